The summed E-state index contributed by atoms with van der Waals surface area (Å²) in [6.45, 7) is 0. The molecule has 1 N–H and O–H groups in total. The summed E-state index contributed by atoms with van der Waals surface area (Å²) in [4.78, 5) is 5.08. The Hall–Kier alpha value is -1.07. The number of pyridine rings is 1. The van der Waals surface area contributed by atoms with Crippen molar-refractivity contribution in [3.05, 3.63) is 30.1 Å². The molecular formula is C8H8BrN4+. The van der Waals surface area contributed by atoms with E-state index in [1.54, 1.807) is 12.4 Å². The van der Waals surface area contributed by atoms with E-state index < -0.39 is 0 Å². The molecule has 0 spiro atoms. The first-order valence-corrected chi connectivity index (χ1v) is 4.64. The molecule has 0 bridgehead atoms. The van der Waals surface area contributed by atoms with Crippen molar-refractivity contribution in [1.29, 1.82) is 0 Å². The van der Waals surface area contributed by atoms with E-state index in [0.29, 0.717) is 0 Å². The van der Waals surface area contributed by atoms with Crippen LogP contribution in [0.5, 0.6) is 0 Å². The molecule has 0 aliphatic carbocycles. The number of hydrogen-bond donors (Lipinski definition) is 1. The Labute approximate surface area is 84.1 Å². The Morgan fingerprint density at radius 3 is 2.77 bits per heavy atom. The summed E-state index contributed by atoms with van der Waals surface area (Å²) in [5.41, 5.74) is 0.998. The fourth-order valence-corrected chi connectivity index (χ4v) is 1.39. The predicted molar refractivity (Wildman–Crippen MR) is 54.0 cm³/mol. The van der Waals surface area contributed by atoms with Gasteiger partial charge in [-0.05, 0) is 12.1 Å². The molecule has 0 saturated carbocycles. The number of nitrogens with zero attached hydrogens (tertiary/aromatic N) is 3. The molecule has 0 amide bonds. The fraction of sp³-hybridized carbons (Fsp3) is 0.125. The lowest BCUT2D eigenvalue weighted by molar-refractivity contribution is -0.665. The van der Waals surface area contributed by atoms with E-state index in [0.717, 1.165) is 21.0 Å². The van der Waals surface area contributed by atoms with E-state index in [2.05, 4.69) is 31.1 Å². The first-order valence-electron chi connectivity index (χ1n) is 3.85. The summed E-state index contributed by atoms with van der Waals surface area (Å²) in [5, 5.41) is 7.98. The normalized spacial score (nSPS) is 21.2. The van der Waals surface area contributed by atoms with Crippen molar-refractivity contribution >= 4 is 26.5 Å². The minimum Gasteiger partial charge on any atom is -0.264 e. The van der Waals surface area contributed by atoms with Crippen LogP contribution in [-0.2, 0) is 0 Å². The van der Waals surface area contributed by atoms with E-state index in [-0.39, 0.29) is 0 Å². The van der Waals surface area contributed by atoms with Crippen molar-refractivity contribution in [2.75, 3.05) is 7.05 Å². The minimum absolute atomic E-state index is 0.798. The molecule has 1 aliphatic rings. The van der Waals surface area contributed by atoms with Crippen molar-refractivity contribution in [3.63, 3.8) is 0 Å². The van der Waals surface area contributed by atoms with Crippen molar-refractivity contribution in [1.82, 2.24) is 4.98 Å². The van der Waals surface area contributed by atoms with E-state index in [9.17, 15) is 0 Å². The van der Waals surface area contributed by atoms with Crippen molar-refractivity contribution < 1.29 is 4.90 Å². The zero-order chi connectivity index (χ0) is 9.26. The van der Waals surface area contributed by atoms with Gasteiger partial charge in [-0.1, -0.05) is 10.2 Å². The summed E-state index contributed by atoms with van der Waals surface area (Å²) >= 11 is 3.32. The van der Waals surface area contributed by atoms with Gasteiger partial charge >= 0.3 is 0 Å². The van der Waals surface area contributed by atoms with Gasteiger partial charge in [0.15, 0.2) is 0 Å². The molecule has 5 heteroatoms. The third-order valence-corrected chi connectivity index (χ3v) is 2.59. The summed E-state index contributed by atoms with van der Waals surface area (Å²) in [7, 11) is 1.98. The van der Waals surface area contributed by atoms with Crippen molar-refractivity contribution in [3.8, 4) is 0 Å². The molecule has 0 saturated heterocycles. The zero-order valence-electron chi connectivity index (χ0n) is 7.03. The van der Waals surface area contributed by atoms with Crippen LogP contribution in [0.1, 0.15) is 5.56 Å². The van der Waals surface area contributed by atoms with Gasteiger partial charge in [0, 0.05) is 28.3 Å². The maximum atomic E-state index is 4.05. The summed E-state index contributed by atoms with van der Waals surface area (Å²) < 4.78 is 0.798. The second kappa shape index (κ2) is 3.35. The van der Waals surface area contributed by atoms with Crippen LogP contribution in [0.2, 0.25) is 0 Å². The van der Waals surface area contributed by atoms with Gasteiger partial charge in [0.1, 0.15) is 0 Å². The second-order valence-corrected chi connectivity index (χ2v) is 3.46. The van der Waals surface area contributed by atoms with Gasteiger partial charge in [0.25, 0.3) is 10.6 Å². The largest absolute Gasteiger partial charge is 0.294 e. The van der Waals surface area contributed by atoms with Crippen LogP contribution >= 0.6 is 15.9 Å². The Kier molecular flexibility index (Phi) is 2.20. The van der Waals surface area contributed by atoms with Crippen LogP contribution in [0.25, 0.3) is 0 Å². The second-order valence-electron chi connectivity index (χ2n) is 2.71. The van der Waals surface area contributed by atoms with Crippen LogP contribution in [0, 0.1) is 0 Å². The molecule has 2 heterocycles. The summed E-state index contributed by atoms with van der Waals surface area (Å²) in [6, 6.07) is 3.85. The molecule has 4 nitrogen and oxygen atoms in total. The van der Waals surface area contributed by atoms with Crippen molar-refractivity contribution in [2.24, 2.45) is 10.2 Å². The van der Waals surface area contributed by atoms with Crippen LogP contribution in [-0.4, -0.2) is 22.6 Å². The van der Waals surface area contributed by atoms with Gasteiger partial charge < -0.3 is 0 Å². The number of quaternary nitrogens is 1. The number of hydrogen-bond acceptors (Lipinski definition) is 3. The lowest BCUT2D eigenvalue weighted by Crippen LogP contribution is -3.12. The molecule has 1 atom stereocenters. The molecule has 1 unspecified atom stereocenters. The Bertz CT molecular complexity index is 371. The number of amidine groups is 2. The zero-order valence-corrected chi connectivity index (χ0v) is 8.62. The van der Waals surface area contributed by atoms with Crippen LogP contribution in [0.3, 0.4) is 0 Å². The van der Waals surface area contributed by atoms with E-state index in [1.807, 2.05) is 19.2 Å². The van der Waals surface area contributed by atoms with E-state index in [4.69, 9.17) is 0 Å². The topological polar surface area (TPSA) is 42.0 Å². The molecule has 0 radical (unpaired) electrons. The third kappa shape index (κ3) is 1.52. The highest BCUT2D eigenvalue weighted by Gasteiger charge is 2.24. The quantitative estimate of drug-likeness (QED) is 0.691. The van der Waals surface area contributed by atoms with Gasteiger partial charge in [0.2, 0.25) is 0 Å². The molecule has 13 heavy (non-hydrogen) atoms. The SMILES string of the molecule is C[NH+]1C(Br)=NN=C1c1cccnc1. The Morgan fingerprint density at radius 1 is 1.38 bits per heavy atom. The van der Waals surface area contributed by atoms with Gasteiger partial charge in [-0.25, -0.2) is 4.90 Å². The lowest BCUT2D eigenvalue weighted by Gasteiger charge is -2.05. The van der Waals surface area contributed by atoms with Crippen LogP contribution in [0.15, 0.2) is 34.7 Å². The van der Waals surface area contributed by atoms with Gasteiger partial charge in [-0.2, -0.15) is 0 Å². The summed E-state index contributed by atoms with van der Waals surface area (Å²) in [6.07, 6.45) is 3.52. The minimum atomic E-state index is 0.798. The van der Waals surface area contributed by atoms with Crippen LogP contribution in [0.4, 0.5) is 0 Å². The number of halogens is 1. The average Bonchev–Trinajstić information content (AvgIpc) is 2.49. The average molecular weight is 240 g/mol. The standard InChI is InChI=1S/C8H7BrN4/c1-13-7(11-12-8(13)9)6-3-2-4-10-5-6/h2-5H,1H3/p+1. The smallest absolute Gasteiger partial charge is 0.264 e. The molecule has 1 aromatic heterocycles. The lowest BCUT2D eigenvalue weighted by atomic mass is 10.2. The van der Waals surface area contributed by atoms with E-state index in [1.165, 1.54) is 0 Å². The van der Waals surface area contributed by atoms with Gasteiger partial charge in [-0.3, -0.25) is 4.98 Å². The Morgan fingerprint density at radius 2 is 2.23 bits per heavy atom. The predicted octanol–water partition coefficient (Wildman–Crippen LogP) is 0.0224. The fourth-order valence-electron chi connectivity index (χ4n) is 1.12. The molecular weight excluding hydrogens is 232 g/mol. The number of rotatable bonds is 1. The van der Waals surface area contributed by atoms with Crippen molar-refractivity contribution in [2.45, 2.75) is 0 Å². The number of nitrogens with one attached hydrogen (secondary N) is 1. The molecule has 0 fully saturated rings. The van der Waals surface area contributed by atoms with E-state index >= 15 is 0 Å². The van der Waals surface area contributed by atoms with Gasteiger partial charge in [0.05, 0.1) is 12.6 Å². The highest BCUT2D eigenvalue weighted by Crippen LogP contribution is 1.99. The maximum absolute atomic E-state index is 4.05. The van der Waals surface area contributed by atoms with Crippen LogP contribution < -0.4 is 4.90 Å². The Balaban J connectivity index is 2.32. The molecule has 0 aromatic carbocycles. The highest BCUT2D eigenvalue weighted by molar-refractivity contribution is 9.18. The third-order valence-electron chi connectivity index (χ3n) is 1.84. The first-order chi connectivity index (χ1) is 6.29. The monoisotopic (exact) mass is 239 g/mol. The maximum Gasteiger partial charge on any atom is 0.294 e. The summed E-state index contributed by atoms with van der Waals surface area (Å²) in [5.74, 6) is 0.889. The molecule has 1 aromatic rings. The first kappa shape index (κ1) is 8.52. The molecule has 2 rings (SSSR count). The molecule has 1 aliphatic heterocycles. The number of aromatic nitrogens is 1. The highest BCUT2D eigenvalue weighted by atomic mass is 79.9. The molecule has 66 valence electrons. The van der Waals surface area contributed by atoms with Gasteiger partial charge in [-0.15, -0.1) is 0 Å².